The summed E-state index contributed by atoms with van der Waals surface area (Å²) in [4.78, 5) is 14.2. The normalized spacial score (nSPS) is 19.6. The number of amides is 2. The Balaban J connectivity index is 1.88. The summed E-state index contributed by atoms with van der Waals surface area (Å²) in [5.41, 5.74) is 1.29. The maximum atomic E-state index is 11.8. The van der Waals surface area contributed by atoms with Gasteiger partial charge in [0, 0.05) is 19.6 Å². The van der Waals surface area contributed by atoms with Crippen molar-refractivity contribution >= 4 is 6.03 Å². The molecule has 2 atom stereocenters. The van der Waals surface area contributed by atoms with Crippen molar-refractivity contribution in [1.29, 1.82) is 0 Å². The second-order valence-electron chi connectivity index (χ2n) is 5.68. The lowest BCUT2D eigenvalue weighted by molar-refractivity contribution is -0.0476. The van der Waals surface area contributed by atoms with Crippen LogP contribution < -0.4 is 10.6 Å². The summed E-state index contributed by atoms with van der Waals surface area (Å²) in [5.74, 6) is 2.39. The molecular formula is C18H25N3O2. The summed E-state index contributed by atoms with van der Waals surface area (Å²) in [6.07, 6.45) is 5.96. The lowest BCUT2D eigenvalue weighted by atomic mass is 10.1. The first kappa shape index (κ1) is 17.3. The fraction of sp³-hybridized carbons (Fsp3) is 0.500. The van der Waals surface area contributed by atoms with Crippen LogP contribution >= 0.6 is 0 Å². The molecule has 5 heteroatoms. The molecule has 1 aromatic rings. The molecule has 0 bridgehead atoms. The molecular weight excluding hydrogens is 290 g/mol. The van der Waals surface area contributed by atoms with Crippen molar-refractivity contribution in [2.24, 2.45) is 0 Å². The van der Waals surface area contributed by atoms with Gasteiger partial charge in [-0.2, -0.15) is 0 Å². The molecule has 0 aliphatic carbocycles. The Bertz CT molecular complexity index is 527. The fourth-order valence-electron chi connectivity index (χ4n) is 2.77. The molecule has 2 N–H and O–H groups in total. The lowest BCUT2D eigenvalue weighted by Crippen LogP contribution is -2.54. The Morgan fingerprint density at radius 3 is 2.96 bits per heavy atom. The van der Waals surface area contributed by atoms with Crippen LogP contribution in [0.5, 0.6) is 0 Å². The van der Waals surface area contributed by atoms with Gasteiger partial charge >= 0.3 is 6.03 Å². The number of nitrogens with one attached hydrogen (secondary N) is 2. The van der Waals surface area contributed by atoms with Crippen molar-refractivity contribution in [2.75, 3.05) is 26.2 Å². The largest absolute Gasteiger partial charge is 0.373 e. The van der Waals surface area contributed by atoms with E-state index in [0.717, 1.165) is 26.1 Å². The van der Waals surface area contributed by atoms with Crippen LogP contribution in [0.4, 0.5) is 4.79 Å². The van der Waals surface area contributed by atoms with Crippen LogP contribution in [0.15, 0.2) is 30.3 Å². The highest BCUT2D eigenvalue weighted by Gasteiger charge is 2.28. The predicted octanol–water partition coefficient (Wildman–Crippen LogP) is 1.60. The van der Waals surface area contributed by atoms with Crippen LogP contribution in [0.1, 0.15) is 18.9 Å². The first-order valence-electron chi connectivity index (χ1n) is 8.08. The van der Waals surface area contributed by atoms with Gasteiger partial charge in [-0.15, -0.1) is 6.42 Å². The van der Waals surface area contributed by atoms with Gasteiger partial charge in [0.05, 0.1) is 25.3 Å². The summed E-state index contributed by atoms with van der Waals surface area (Å²) >= 11 is 0. The molecule has 1 aliphatic heterocycles. The van der Waals surface area contributed by atoms with Crippen LogP contribution in [-0.4, -0.2) is 49.3 Å². The Morgan fingerprint density at radius 1 is 1.48 bits per heavy atom. The van der Waals surface area contributed by atoms with E-state index in [-0.39, 0.29) is 24.7 Å². The molecule has 23 heavy (non-hydrogen) atoms. The second-order valence-corrected chi connectivity index (χ2v) is 5.68. The lowest BCUT2D eigenvalue weighted by Gasteiger charge is -2.37. The van der Waals surface area contributed by atoms with E-state index in [1.807, 2.05) is 13.0 Å². The van der Waals surface area contributed by atoms with Crippen LogP contribution in [0.25, 0.3) is 0 Å². The number of benzene rings is 1. The van der Waals surface area contributed by atoms with Crippen molar-refractivity contribution in [3.8, 4) is 12.3 Å². The molecule has 0 saturated carbocycles. The Hall–Kier alpha value is -2.03. The van der Waals surface area contributed by atoms with Gasteiger partial charge in [-0.3, -0.25) is 4.90 Å². The van der Waals surface area contributed by atoms with Crippen LogP contribution in [0.3, 0.4) is 0 Å². The number of rotatable bonds is 6. The molecule has 1 fully saturated rings. The van der Waals surface area contributed by atoms with E-state index >= 15 is 0 Å². The quantitative estimate of drug-likeness (QED) is 0.784. The number of terminal acetylenes is 1. The van der Waals surface area contributed by atoms with E-state index in [1.165, 1.54) is 5.56 Å². The summed E-state index contributed by atoms with van der Waals surface area (Å²) in [5, 5.41) is 5.59. The van der Waals surface area contributed by atoms with E-state index in [1.54, 1.807) is 0 Å². The molecule has 0 spiro atoms. The second kappa shape index (κ2) is 9.19. The zero-order valence-electron chi connectivity index (χ0n) is 13.6. The minimum Gasteiger partial charge on any atom is -0.373 e. The number of carbonyl (C=O) groups is 1. The van der Waals surface area contributed by atoms with E-state index in [4.69, 9.17) is 11.2 Å². The summed E-state index contributed by atoms with van der Waals surface area (Å²) in [6.45, 7) is 5.58. The zero-order chi connectivity index (χ0) is 16.5. The van der Waals surface area contributed by atoms with Gasteiger partial charge in [0.2, 0.25) is 0 Å². The molecule has 2 rings (SSSR count). The molecule has 1 saturated heterocycles. The van der Waals surface area contributed by atoms with E-state index in [9.17, 15) is 4.79 Å². The average Bonchev–Trinajstić information content (AvgIpc) is 2.59. The van der Waals surface area contributed by atoms with Crippen molar-refractivity contribution in [3.05, 3.63) is 35.9 Å². The van der Waals surface area contributed by atoms with Crippen LogP contribution in [0, 0.1) is 12.3 Å². The molecule has 1 heterocycles. The highest BCUT2D eigenvalue weighted by atomic mass is 16.5. The SMILES string of the molecule is C#CCNC(=O)N[C@@H](CC)[C@H]1CN(Cc2ccccc2)CCO1. The van der Waals surface area contributed by atoms with Crippen LogP contribution in [-0.2, 0) is 11.3 Å². The van der Waals surface area contributed by atoms with Crippen molar-refractivity contribution in [3.63, 3.8) is 0 Å². The standard InChI is InChI=1S/C18H25N3O2/c1-3-10-19-18(22)20-16(4-2)17-14-21(11-12-23-17)13-15-8-6-5-7-9-15/h1,5-9,16-17H,4,10-14H2,2H3,(H2,19,20,22)/t16-,17+/m0/s1. The van der Waals surface area contributed by atoms with Crippen LogP contribution in [0.2, 0.25) is 0 Å². The molecule has 124 valence electrons. The monoisotopic (exact) mass is 315 g/mol. The Morgan fingerprint density at radius 2 is 2.26 bits per heavy atom. The van der Waals surface area contributed by atoms with Gasteiger partial charge in [0.1, 0.15) is 0 Å². The van der Waals surface area contributed by atoms with Gasteiger partial charge in [-0.1, -0.05) is 43.2 Å². The number of carbonyl (C=O) groups excluding carboxylic acids is 1. The summed E-state index contributed by atoms with van der Waals surface area (Å²) in [7, 11) is 0. The van der Waals surface area contributed by atoms with E-state index < -0.39 is 0 Å². The first-order chi connectivity index (χ1) is 11.2. The predicted molar refractivity (Wildman–Crippen MR) is 90.9 cm³/mol. The number of ether oxygens (including phenoxy) is 1. The smallest absolute Gasteiger partial charge is 0.315 e. The maximum absolute atomic E-state index is 11.8. The number of nitrogens with zero attached hydrogens (tertiary/aromatic N) is 1. The minimum atomic E-state index is -0.237. The number of hydrogen-bond acceptors (Lipinski definition) is 3. The molecule has 1 aromatic carbocycles. The molecule has 0 unspecified atom stereocenters. The Labute approximate surface area is 138 Å². The van der Waals surface area contributed by atoms with Gasteiger partial charge in [-0.05, 0) is 12.0 Å². The van der Waals surface area contributed by atoms with E-state index in [2.05, 4.69) is 45.7 Å². The summed E-state index contributed by atoms with van der Waals surface area (Å²) in [6, 6.07) is 10.1. The third-order valence-corrected chi connectivity index (χ3v) is 3.98. The molecule has 2 amide bonds. The van der Waals surface area contributed by atoms with Crippen molar-refractivity contribution in [2.45, 2.75) is 32.0 Å². The van der Waals surface area contributed by atoms with Gasteiger partial charge in [-0.25, -0.2) is 4.79 Å². The summed E-state index contributed by atoms with van der Waals surface area (Å²) < 4.78 is 5.88. The van der Waals surface area contributed by atoms with Crippen molar-refractivity contribution < 1.29 is 9.53 Å². The highest BCUT2D eigenvalue weighted by Crippen LogP contribution is 2.14. The third-order valence-electron chi connectivity index (χ3n) is 3.98. The zero-order valence-corrected chi connectivity index (χ0v) is 13.6. The number of urea groups is 1. The molecule has 0 radical (unpaired) electrons. The third kappa shape index (κ3) is 5.59. The number of morpholine rings is 1. The number of hydrogen-bond donors (Lipinski definition) is 2. The molecule has 1 aliphatic rings. The average molecular weight is 315 g/mol. The minimum absolute atomic E-state index is 0.00551. The molecule has 5 nitrogen and oxygen atoms in total. The van der Waals surface area contributed by atoms with E-state index in [0.29, 0.717) is 6.61 Å². The first-order valence-corrected chi connectivity index (χ1v) is 8.08. The molecule has 0 aromatic heterocycles. The topological polar surface area (TPSA) is 53.6 Å². The van der Waals surface area contributed by atoms with Crippen molar-refractivity contribution in [1.82, 2.24) is 15.5 Å². The maximum Gasteiger partial charge on any atom is 0.315 e. The van der Waals surface area contributed by atoms with Gasteiger partial charge in [0.25, 0.3) is 0 Å². The highest BCUT2D eigenvalue weighted by molar-refractivity contribution is 5.74. The Kier molecular flexibility index (Phi) is 6.92. The van der Waals surface area contributed by atoms with Gasteiger partial charge < -0.3 is 15.4 Å². The van der Waals surface area contributed by atoms with Gasteiger partial charge in [0.15, 0.2) is 0 Å². The fourth-order valence-corrected chi connectivity index (χ4v) is 2.77.